The standard InChI is InChI=1S/C18H26N4O2/c1-13(2)7-9-19-17-8-10-20-18(22-17)21-12-14-5-6-15(23-3)16(11-14)24-4/h5-6,8,10-11,13H,7,9,12H2,1-4H3,(H2,19,20,21,22). The van der Waals surface area contributed by atoms with Crippen molar-refractivity contribution in [3.05, 3.63) is 36.0 Å². The highest BCUT2D eigenvalue weighted by Crippen LogP contribution is 2.27. The van der Waals surface area contributed by atoms with Crippen LogP contribution >= 0.6 is 0 Å². The summed E-state index contributed by atoms with van der Waals surface area (Å²) in [6.07, 6.45) is 2.86. The summed E-state index contributed by atoms with van der Waals surface area (Å²) < 4.78 is 10.6. The van der Waals surface area contributed by atoms with Crippen LogP contribution in [0.5, 0.6) is 11.5 Å². The van der Waals surface area contributed by atoms with Crippen molar-refractivity contribution in [2.45, 2.75) is 26.8 Å². The Morgan fingerprint density at radius 1 is 1.04 bits per heavy atom. The highest BCUT2D eigenvalue weighted by molar-refractivity contribution is 5.44. The number of hydrogen-bond donors (Lipinski definition) is 2. The van der Waals surface area contributed by atoms with Crippen LogP contribution in [0.2, 0.25) is 0 Å². The van der Waals surface area contributed by atoms with Gasteiger partial charge in [0.05, 0.1) is 14.2 Å². The van der Waals surface area contributed by atoms with E-state index in [2.05, 4.69) is 34.4 Å². The Labute approximate surface area is 143 Å². The number of anilines is 2. The van der Waals surface area contributed by atoms with Crippen LogP contribution in [0.1, 0.15) is 25.8 Å². The zero-order valence-corrected chi connectivity index (χ0v) is 14.8. The first-order valence-electron chi connectivity index (χ1n) is 8.14. The molecule has 0 unspecified atom stereocenters. The molecular weight excluding hydrogens is 304 g/mol. The van der Waals surface area contributed by atoms with Crippen LogP contribution in [0.3, 0.4) is 0 Å². The second-order valence-corrected chi connectivity index (χ2v) is 5.92. The summed E-state index contributed by atoms with van der Waals surface area (Å²) in [5.41, 5.74) is 1.06. The molecule has 0 aliphatic heterocycles. The van der Waals surface area contributed by atoms with E-state index in [0.29, 0.717) is 29.9 Å². The molecule has 6 heteroatoms. The van der Waals surface area contributed by atoms with Gasteiger partial charge in [-0.05, 0) is 36.1 Å². The summed E-state index contributed by atoms with van der Waals surface area (Å²) in [6, 6.07) is 7.69. The van der Waals surface area contributed by atoms with E-state index in [1.54, 1.807) is 20.4 Å². The first-order valence-corrected chi connectivity index (χ1v) is 8.14. The zero-order chi connectivity index (χ0) is 17.4. The topological polar surface area (TPSA) is 68.3 Å². The van der Waals surface area contributed by atoms with Gasteiger partial charge in [0.1, 0.15) is 5.82 Å². The Hall–Kier alpha value is -2.50. The lowest BCUT2D eigenvalue weighted by Gasteiger charge is -2.11. The third kappa shape index (κ3) is 5.30. The maximum Gasteiger partial charge on any atom is 0.224 e. The Morgan fingerprint density at radius 3 is 2.54 bits per heavy atom. The molecule has 0 amide bonds. The summed E-state index contributed by atoms with van der Waals surface area (Å²) in [5.74, 6) is 3.53. The van der Waals surface area contributed by atoms with Gasteiger partial charge >= 0.3 is 0 Å². The lowest BCUT2D eigenvalue weighted by atomic mass is 10.1. The maximum atomic E-state index is 5.32. The molecular formula is C18H26N4O2. The third-order valence-electron chi connectivity index (χ3n) is 3.58. The molecule has 2 N–H and O–H groups in total. The fourth-order valence-corrected chi connectivity index (χ4v) is 2.20. The van der Waals surface area contributed by atoms with Crippen LogP contribution in [0.25, 0.3) is 0 Å². The largest absolute Gasteiger partial charge is 0.493 e. The van der Waals surface area contributed by atoms with Gasteiger partial charge in [-0.1, -0.05) is 19.9 Å². The zero-order valence-electron chi connectivity index (χ0n) is 14.8. The van der Waals surface area contributed by atoms with Gasteiger partial charge in [-0.25, -0.2) is 4.98 Å². The summed E-state index contributed by atoms with van der Waals surface area (Å²) in [7, 11) is 3.26. The van der Waals surface area contributed by atoms with Gasteiger partial charge in [0.2, 0.25) is 5.95 Å². The molecule has 0 radical (unpaired) electrons. The van der Waals surface area contributed by atoms with Gasteiger partial charge < -0.3 is 20.1 Å². The summed E-state index contributed by atoms with van der Waals surface area (Å²) in [6.45, 7) is 5.93. The van der Waals surface area contributed by atoms with Gasteiger partial charge in [-0.2, -0.15) is 4.98 Å². The van der Waals surface area contributed by atoms with Crippen LogP contribution in [-0.4, -0.2) is 30.7 Å². The van der Waals surface area contributed by atoms with Crippen molar-refractivity contribution in [2.24, 2.45) is 5.92 Å². The van der Waals surface area contributed by atoms with E-state index in [0.717, 1.165) is 24.3 Å². The second-order valence-electron chi connectivity index (χ2n) is 5.92. The maximum absolute atomic E-state index is 5.32. The first kappa shape index (κ1) is 17.8. The molecule has 0 aliphatic rings. The lowest BCUT2D eigenvalue weighted by Crippen LogP contribution is -2.09. The first-order chi connectivity index (χ1) is 11.6. The molecule has 0 fully saturated rings. The van der Waals surface area contributed by atoms with Gasteiger partial charge in [0, 0.05) is 19.3 Å². The smallest absolute Gasteiger partial charge is 0.224 e. The number of nitrogens with zero attached hydrogens (tertiary/aromatic N) is 2. The Balaban J connectivity index is 1.94. The van der Waals surface area contributed by atoms with E-state index in [9.17, 15) is 0 Å². The molecule has 2 aromatic rings. The van der Waals surface area contributed by atoms with Crippen molar-refractivity contribution in [1.29, 1.82) is 0 Å². The van der Waals surface area contributed by atoms with E-state index < -0.39 is 0 Å². The molecule has 0 saturated heterocycles. The second kappa shape index (κ2) is 8.96. The highest BCUT2D eigenvalue weighted by Gasteiger charge is 2.05. The Kier molecular flexibility index (Phi) is 6.66. The van der Waals surface area contributed by atoms with Crippen LogP contribution in [0.15, 0.2) is 30.5 Å². The van der Waals surface area contributed by atoms with Crippen molar-refractivity contribution in [2.75, 3.05) is 31.4 Å². The lowest BCUT2D eigenvalue weighted by molar-refractivity contribution is 0.354. The van der Waals surface area contributed by atoms with Crippen molar-refractivity contribution < 1.29 is 9.47 Å². The number of methoxy groups -OCH3 is 2. The fraction of sp³-hybridized carbons (Fsp3) is 0.444. The molecule has 1 aromatic heterocycles. The number of benzene rings is 1. The molecule has 2 rings (SSSR count). The molecule has 24 heavy (non-hydrogen) atoms. The van der Waals surface area contributed by atoms with E-state index in [4.69, 9.17) is 9.47 Å². The minimum absolute atomic E-state index is 0.597. The Bertz CT molecular complexity index is 647. The van der Waals surface area contributed by atoms with Crippen molar-refractivity contribution in [3.8, 4) is 11.5 Å². The van der Waals surface area contributed by atoms with Crippen molar-refractivity contribution in [1.82, 2.24) is 9.97 Å². The number of hydrogen-bond acceptors (Lipinski definition) is 6. The Morgan fingerprint density at radius 2 is 1.83 bits per heavy atom. The van der Waals surface area contributed by atoms with Crippen LogP contribution < -0.4 is 20.1 Å². The predicted octanol–water partition coefficient (Wildman–Crippen LogP) is 3.56. The van der Waals surface area contributed by atoms with E-state index >= 15 is 0 Å². The molecule has 6 nitrogen and oxygen atoms in total. The van der Waals surface area contributed by atoms with Gasteiger partial charge in [0.25, 0.3) is 0 Å². The van der Waals surface area contributed by atoms with Crippen LogP contribution in [0, 0.1) is 5.92 Å². The molecule has 0 aliphatic carbocycles. The van der Waals surface area contributed by atoms with Crippen LogP contribution in [0.4, 0.5) is 11.8 Å². The fourth-order valence-electron chi connectivity index (χ4n) is 2.20. The monoisotopic (exact) mass is 330 g/mol. The summed E-state index contributed by atoms with van der Waals surface area (Å²) in [4.78, 5) is 8.73. The number of rotatable bonds is 9. The molecule has 130 valence electrons. The normalized spacial score (nSPS) is 10.5. The van der Waals surface area contributed by atoms with Crippen LogP contribution in [-0.2, 0) is 6.54 Å². The van der Waals surface area contributed by atoms with Crippen molar-refractivity contribution in [3.63, 3.8) is 0 Å². The quantitative estimate of drug-likeness (QED) is 0.733. The summed E-state index contributed by atoms with van der Waals surface area (Å²) in [5, 5.41) is 6.55. The summed E-state index contributed by atoms with van der Waals surface area (Å²) >= 11 is 0. The molecule has 0 atom stereocenters. The predicted molar refractivity (Wildman–Crippen MR) is 96.8 cm³/mol. The molecule has 0 bridgehead atoms. The van der Waals surface area contributed by atoms with Gasteiger partial charge in [-0.15, -0.1) is 0 Å². The number of nitrogens with one attached hydrogen (secondary N) is 2. The van der Waals surface area contributed by atoms with Gasteiger partial charge in [0.15, 0.2) is 11.5 Å². The minimum atomic E-state index is 0.597. The molecule has 1 heterocycles. The van der Waals surface area contributed by atoms with E-state index in [1.807, 2.05) is 24.3 Å². The number of ether oxygens (including phenoxy) is 2. The average Bonchev–Trinajstić information content (AvgIpc) is 2.59. The van der Waals surface area contributed by atoms with E-state index in [1.165, 1.54) is 0 Å². The van der Waals surface area contributed by atoms with Crippen molar-refractivity contribution >= 4 is 11.8 Å². The van der Waals surface area contributed by atoms with Gasteiger partial charge in [-0.3, -0.25) is 0 Å². The molecule has 0 saturated carbocycles. The highest BCUT2D eigenvalue weighted by atomic mass is 16.5. The molecule has 1 aromatic carbocycles. The molecule has 0 spiro atoms. The number of aromatic nitrogens is 2. The third-order valence-corrected chi connectivity index (χ3v) is 3.58. The SMILES string of the molecule is COc1ccc(CNc2nccc(NCCC(C)C)n2)cc1OC. The average molecular weight is 330 g/mol. The minimum Gasteiger partial charge on any atom is -0.493 e. The van der Waals surface area contributed by atoms with E-state index in [-0.39, 0.29) is 0 Å².